The van der Waals surface area contributed by atoms with Crippen LogP contribution in [0.3, 0.4) is 0 Å². The average Bonchev–Trinajstić information content (AvgIpc) is 1.97. The molecule has 61 valence electrons. The summed E-state index contributed by atoms with van der Waals surface area (Å²) in [4.78, 5) is 0. The van der Waals surface area contributed by atoms with E-state index in [1.54, 1.807) is 9.83 Å². The lowest BCUT2D eigenvalue weighted by Crippen LogP contribution is -1.78. The predicted octanol–water partition coefficient (Wildman–Crippen LogP) is 4.00. The Kier molecular flexibility index (Phi) is 11.1. The van der Waals surface area contributed by atoms with Gasteiger partial charge in [-0.15, -0.1) is 0 Å². The number of hydrogen-bond donors (Lipinski definition) is 1. The Hall–Kier alpha value is 1.05. The first-order valence-corrected chi connectivity index (χ1v) is 6.99. The van der Waals surface area contributed by atoms with Crippen LogP contribution in [-0.2, 0) is 0 Å². The van der Waals surface area contributed by atoms with Gasteiger partial charge in [-0.25, -0.2) is 0 Å². The molecule has 0 aromatic heterocycles. The van der Waals surface area contributed by atoms with Crippen LogP contribution in [-0.4, -0.2) is 5.75 Å². The van der Waals surface area contributed by atoms with E-state index in [0.717, 1.165) is 0 Å². The summed E-state index contributed by atoms with van der Waals surface area (Å²) in [6.07, 6.45) is 7.57. The number of unbranched alkanes of at least 4 members (excludes halogenated alkanes) is 4. The first-order chi connectivity index (χ1) is 4.91. The minimum absolute atomic E-state index is 1.25. The predicted molar refractivity (Wildman–Crippen MR) is 57.5 cm³/mol. The van der Waals surface area contributed by atoms with E-state index in [4.69, 9.17) is 0 Å². The molecule has 0 aliphatic rings. The summed E-state index contributed by atoms with van der Waals surface area (Å²) in [7, 11) is 3.41. The van der Waals surface area contributed by atoms with Crippen molar-refractivity contribution in [3.8, 4) is 0 Å². The molecule has 0 aliphatic heterocycles. The Morgan fingerprint density at radius 1 is 1.30 bits per heavy atom. The van der Waals surface area contributed by atoms with Crippen molar-refractivity contribution in [2.24, 2.45) is 0 Å². The molecule has 0 nitrogen and oxygen atoms in total. The monoisotopic (exact) mass is 195 g/mol. The second-order valence-corrected chi connectivity index (χ2v) is 5.44. The van der Waals surface area contributed by atoms with Gasteiger partial charge in [-0.1, -0.05) is 48.6 Å². The summed E-state index contributed by atoms with van der Waals surface area (Å²) in [5, 5.41) is 0. The van der Waals surface area contributed by atoms with E-state index < -0.39 is 0 Å². The molecule has 0 heterocycles. The van der Waals surface area contributed by atoms with Crippen molar-refractivity contribution in [1.29, 1.82) is 0 Å². The molecule has 0 rings (SSSR count). The second kappa shape index (κ2) is 10.0. The van der Waals surface area contributed by atoms with Crippen LogP contribution in [0.15, 0.2) is 0 Å². The molecule has 0 atom stereocenters. The van der Waals surface area contributed by atoms with Crippen LogP contribution >= 0.6 is 32.3 Å². The fourth-order valence-corrected chi connectivity index (χ4v) is 2.37. The molecule has 0 spiro atoms. The molecule has 0 saturated carbocycles. The third-order valence-corrected chi connectivity index (χ3v) is 3.60. The average molecular weight is 195 g/mol. The Balaban J connectivity index is 2.65. The zero-order chi connectivity index (χ0) is 7.66. The second-order valence-electron chi connectivity index (χ2n) is 2.15. The molecular weight excluding hydrogens is 180 g/mol. The largest absolute Gasteiger partial charge is 0.0997 e. The molecule has 0 unspecified atom stereocenters. The van der Waals surface area contributed by atoms with Gasteiger partial charge >= 0.3 is 0 Å². The minimum atomic E-state index is 1.25. The number of hydrogen-bond acceptors (Lipinski definition) is 3. The molecule has 0 fully saturated rings. The van der Waals surface area contributed by atoms with Gasteiger partial charge in [0.05, 0.1) is 0 Å². The lowest BCUT2D eigenvalue weighted by Gasteiger charge is -1.96. The maximum Gasteiger partial charge on any atom is 0.00450 e. The molecule has 1 radical (unpaired) electrons. The van der Waals surface area contributed by atoms with E-state index >= 15 is 0 Å². The van der Waals surface area contributed by atoms with Crippen molar-refractivity contribution in [3.05, 3.63) is 6.42 Å². The van der Waals surface area contributed by atoms with Gasteiger partial charge in [0.15, 0.2) is 0 Å². The number of rotatable bonds is 7. The normalized spacial score (nSPS) is 10.2. The van der Waals surface area contributed by atoms with Crippen LogP contribution in [0.25, 0.3) is 0 Å². The van der Waals surface area contributed by atoms with Crippen LogP contribution in [0.5, 0.6) is 0 Å². The molecule has 0 aromatic carbocycles. The SMILES string of the molecule is C[CH]CCCCCSSS. The fourth-order valence-electron chi connectivity index (χ4n) is 0.723. The molecule has 0 aromatic rings. The minimum Gasteiger partial charge on any atom is -0.0997 e. The molecule has 0 bridgehead atoms. The molecule has 0 aliphatic carbocycles. The fraction of sp³-hybridized carbons (Fsp3) is 0.857. The zero-order valence-electron chi connectivity index (χ0n) is 6.38. The summed E-state index contributed by atoms with van der Waals surface area (Å²) in [6.45, 7) is 2.12. The van der Waals surface area contributed by atoms with E-state index in [-0.39, 0.29) is 0 Å². The molecule has 10 heavy (non-hydrogen) atoms. The quantitative estimate of drug-likeness (QED) is 0.370. The summed E-state index contributed by atoms with van der Waals surface area (Å²) in [5.41, 5.74) is 0. The molecule has 0 N–H and O–H groups in total. The van der Waals surface area contributed by atoms with Gasteiger partial charge in [-0.3, -0.25) is 0 Å². The molecule has 0 saturated heterocycles. The summed E-state index contributed by atoms with van der Waals surface area (Å²) in [5.74, 6) is 1.25. The first-order valence-electron chi connectivity index (χ1n) is 3.62. The van der Waals surface area contributed by atoms with Crippen molar-refractivity contribution >= 4 is 32.3 Å². The summed E-state index contributed by atoms with van der Waals surface area (Å²) < 4.78 is 0. The van der Waals surface area contributed by atoms with E-state index in [1.165, 1.54) is 31.4 Å². The van der Waals surface area contributed by atoms with Gasteiger partial charge in [0.25, 0.3) is 0 Å². The van der Waals surface area contributed by atoms with Crippen LogP contribution in [0.1, 0.15) is 32.6 Å². The highest BCUT2D eigenvalue weighted by Gasteiger charge is 1.88. The van der Waals surface area contributed by atoms with Gasteiger partial charge in [0.2, 0.25) is 0 Å². The maximum absolute atomic E-state index is 4.04. The maximum atomic E-state index is 4.04. The third-order valence-electron chi connectivity index (χ3n) is 1.27. The van der Waals surface area contributed by atoms with E-state index in [1.807, 2.05) is 10.8 Å². The molecule has 3 heteroatoms. The Labute approximate surface area is 77.1 Å². The van der Waals surface area contributed by atoms with Crippen molar-refractivity contribution in [1.82, 2.24) is 0 Å². The summed E-state index contributed by atoms with van der Waals surface area (Å²) >= 11 is 4.04. The van der Waals surface area contributed by atoms with E-state index in [9.17, 15) is 0 Å². The highest BCUT2D eigenvalue weighted by molar-refractivity contribution is 9.05. The lowest BCUT2D eigenvalue weighted by atomic mass is 10.2. The molecular formula is C7H15S3. The van der Waals surface area contributed by atoms with Crippen LogP contribution < -0.4 is 0 Å². The van der Waals surface area contributed by atoms with Crippen molar-refractivity contribution in [3.63, 3.8) is 0 Å². The smallest absolute Gasteiger partial charge is 0.00450 e. The van der Waals surface area contributed by atoms with Crippen molar-refractivity contribution in [2.45, 2.75) is 32.6 Å². The standard InChI is InChI=1S/C7H15S3/c1-2-3-4-5-6-7-9-10-8/h2,8H,3-7H2,1H3. The van der Waals surface area contributed by atoms with Crippen LogP contribution in [0.4, 0.5) is 0 Å². The highest BCUT2D eigenvalue weighted by atomic mass is 33.5. The zero-order valence-corrected chi connectivity index (χ0v) is 8.90. The van der Waals surface area contributed by atoms with Crippen molar-refractivity contribution in [2.75, 3.05) is 5.75 Å². The highest BCUT2D eigenvalue weighted by Crippen LogP contribution is 2.25. The molecule has 0 amide bonds. The lowest BCUT2D eigenvalue weighted by molar-refractivity contribution is 0.716. The van der Waals surface area contributed by atoms with Gasteiger partial charge in [0.1, 0.15) is 0 Å². The third kappa shape index (κ3) is 9.05. The number of thiol groups is 1. The van der Waals surface area contributed by atoms with Crippen molar-refractivity contribution < 1.29 is 0 Å². The topological polar surface area (TPSA) is 0 Å². The van der Waals surface area contributed by atoms with Crippen LogP contribution in [0, 0.1) is 6.42 Å². The van der Waals surface area contributed by atoms with Gasteiger partial charge in [-0.2, -0.15) is 0 Å². The Morgan fingerprint density at radius 3 is 2.70 bits per heavy atom. The summed E-state index contributed by atoms with van der Waals surface area (Å²) in [6, 6.07) is 0. The van der Waals surface area contributed by atoms with Gasteiger partial charge in [-0.05, 0) is 22.7 Å². The van der Waals surface area contributed by atoms with E-state index in [0.29, 0.717) is 0 Å². The Morgan fingerprint density at radius 2 is 2.10 bits per heavy atom. The van der Waals surface area contributed by atoms with Gasteiger partial charge < -0.3 is 0 Å². The Bertz CT molecular complexity index is 48.8. The van der Waals surface area contributed by atoms with Gasteiger partial charge in [0, 0.05) is 5.75 Å². The first kappa shape index (κ1) is 11.1. The van der Waals surface area contributed by atoms with Crippen LogP contribution in [0.2, 0.25) is 0 Å². The van der Waals surface area contributed by atoms with E-state index in [2.05, 4.69) is 25.0 Å².